The van der Waals surface area contributed by atoms with Gasteiger partial charge in [-0.2, -0.15) is 0 Å². The van der Waals surface area contributed by atoms with E-state index in [9.17, 15) is 4.79 Å². The molecule has 3 aromatic heterocycles. The van der Waals surface area contributed by atoms with Gasteiger partial charge in [0.2, 0.25) is 5.91 Å². The van der Waals surface area contributed by atoms with Crippen LogP contribution in [0.25, 0.3) is 33.5 Å². The van der Waals surface area contributed by atoms with Gasteiger partial charge in [0.05, 0.1) is 30.1 Å². The fourth-order valence-electron chi connectivity index (χ4n) is 4.90. The van der Waals surface area contributed by atoms with Gasteiger partial charge in [0.15, 0.2) is 5.82 Å². The fraction of sp³-hybridized carbons (Fsp3) is 0.269. The molecule has 1 aliphatic heterocycles. The Kier molecular flexibility index (Phi) is 5.41. The van der Waals surface area contributed by atoms with Crippen molar-refractivity contribution in [3.8, 4) is 17.3 Å². The van der Waals surface area contributed by atoms with E-state index in [-0.39, 0.29) is 11.9 Å². The summed E-state index contributed by atoms with van der Waals surface area (Å²) in [6.07, 6.45) is 2.29. The van der Waals surface area contributed by atoms with Crippen LogP contribution in [0, 0.1) is 0 Å². The molecular formula is C26H26N6O2S. The van der Waals surface area contributed by atoms with Crippen molar-refractivity contribution in [1.29, 1.82) is 0 Å². The number of imidazole rings is 1. The summed E-state index contributed by atoms with van der Waals surface area (Å²) in [7, 11) is 1.66. The third-order valence-corrected chi connectivity index (χ3v) is 7.60. The number of methoxy groups -OCH3 is 1. The maximum absolute atomic E-state index is 13.3. The van der Waals surface area contributed by atoms with Crippen LogP contribution in [0.1, 0.15) is 12.5 Å². The monoisotopic (exact) mass is 486 g/mol. The Labute approximate surface area is 206 Å². The minimum absolute atomic E-state index is 0.0848. The number of piperazine rings is 1. The summed E-state index contributed by atoms with van der Waals surface area (Å²) in [6.45, 7) is 4.30. The van der Waals surface area contributed by atoms with Crippen molar-refractivity contribution >= 4 is 44.2 Å². The molecule has 0 aliphatic carbocycles. The minimum Gasteiger partial charge on any atom is -0.497 e. The van der Waals surface area contributed by atoms with Crippen LogP contribution in [0.2, 0.25) is 0 Å². The van der Waals surface area contributed by atoms with Gasteiger partial charge in [-0.05, 0) is 42.8 Å². The Balaban J connectivity index is 1.18. The first-order valence-electron chi connectivity index (χ1n) is 11.7. The molecule has 0 bridgehead atoms. The largest absolute Gasteiger partial charge is 0.497 e. The number of H-pyrrole nitrogens is 2. The zero-order valence-electron chi connectivity index (χ0n) is 19.6. The zero-order chi connectivity index (χ0) is 23.9. The van der Waals surface area contributed by atoms with Crippen LogP contribution < -0.4 is 9.64 Å². The van der Waals surface area contributed by atoms with Crippen LogP contribution in [0.5, 0.6) is 5.75 Å². The lowest BCUT2D eigenvalue weighted by Gasteiger charge is -2.40. The highest BCUT2D eigenvalue weighted by molar-refractivity contribution is 7.14. The minimum atomic E-state index is 0.0848. The van der Waals surface area contributed by atoms with Crippen LogP contribution >= 0.6 is 11.3 Å². The normalized spacial score (nSPS) is 16.3. The van der Waals surface area contributed by atoms with Gasteiger partial charge in [-0.1, -0.05) is 12.1 Å². The van der Waals surface area contributed by atoms with E-state index in [2.05, 4.69) is 26.8 Å². The van der Waals surface area contributed by atoms with Gasteiger partial charge in [-0.25, -0.2) is 9.97 Å². The molecule has 9 heteroatoms. The van der Waals surface area contributed by atoms with Crippen molar-refractivity contribution in [1.82, 2.24) is 24.8 Å². The molecule has 6 rings (SSSR count). The summed E-state index contributed by atoms with van der Waals surface area (Å²) in [5, 5.41) is 2.12. The van der Waals surface area contributed by atoms with Crippen LogP contribution in [-0.4, -0.2) is 63.5 Å². The third-order valence-electron chi connectivity index (χ3n) is 6.71. The van der Waals surface area contributed by atoms with Crippen molar-refractivity contribution < 1.29 is 9.53 Å². The van der Waals surface area contributed by atoms with Gasteiger partial charge in [-0.15, -0.1) is 11.3 Å². The number of para-hydroxylation sites is 2. The number of rotatable bonds is 5. The number of hydrogen-bond acceptors (Lipinski definition) is 6. The SMILES string of the molecule is COc1ccc2[nH]cc(CC(=O)N3CCN(c4scnc4-c4nc5ccccc5[nH]4)C[C@H]3C)c2c1. The van der Waals surface area contributed by atoms with Crippen molar-refractivity contribution in [3.63, 3.8) is 0 Å². The highest BCUT2D eigenvalue weighted by atomic mass is 32.1. The van der Waals surface area contributed by atoms with Crippen LogP contribution in [0.15, 0.2) is 54.2 Å². The van der Waals surface area contributed by atoms with E-state index in [1.54, 1.807) is 18.4 Å². The average molecular weight is 487 g/mol. The van der Waals surface area contributed by atoms with E-state index in [1.807, 2.05) is 59.1 Å². The average Bonchev–Trinajstić information content (AvgIpc) is 3.61. The molecule has 178 valence electrons. The molecule has 0 saturated carbocycles. The lowest BCUT2D eigenvalue weighted by atomic mass is 10.1. The van der Waals surface area contributed by atoms with E-state index in [1.165, 1.54) is 0 Å². The molecular weight excluding hydrogens is 460 g/mol. The predicted molar refractivity (Wildman–Crippen MR) is 139 cm³/mol. The summed E-state index contributed by atoms with van der Waals surface area (Å²) >= 11 is 1.62. The molecule has 35 heavy (non-hydrogen) atoms. The number of carbonyl (C=O) groups is 1. The molecule has 0 unspecified atom stereocenters. The second kappa shape index (κ2) is 8.74. The number of hydrogen-bond donors (Lipinski definition) is 2. The summed E-state index contributed by atoms with van der Waals surface area (Å²) < 4.78 is 5.37. The van der Waals surface area contributed by atoms with Gasteiger partial charge in [-0.3, -0.25) is 4.79 Å². The highest BCUT2D eigenvalue weighted by Gasteiger charge is 2.30. The van der Waals surface area contributed by atoms with Crippen molar-refractivity contribution in [2.45, 2.75) is 19.4 Å². The summed E-state index contributed by atoms with van der Waals surface area (Å²) in [6, 6.07) is 14.0. The molecule has 1 saturated heterocycles. The first-order chi connectivity index (χ1) is 17.1. The first-order valence-corrected chi connectivity index (χ1v) is 12.6. The number of anilines is 1. The van der Waals surface area contributed by atoms with E-state index < -0.39 is 0 Å². The second-order valence-corrected chi connectivity index (χ2v) is 9.73. The Bertz CT molecular complexity index is 1490. The number of thiazole rings is 1. The Morgan fingerprint density at radius 1 is 1.20 bits per heavy atom. The molecule has 1 amide bonds. The Morgan fingerprint density at radius 2 is 2.09 bits per heavy atom. The van der Waals surface area contributed by atoms with Gasteiger partial charge in [0, 0.05) is 42.8 Å². The number of aromatic amines is 2. The maximum Gasteiger partial charge on any atom is 0.227 e. The number of fused-ring (bicyclic) bond motifs is 2. The van der Waals surface area contributed by atoms with Crippen molar-refractivity contribution in [2.75, 3.05) is 31.6 Å². The first kappa shape index (κ1) is 21.7. The van der Waals surface area contributed by atoms with E-state index in [0.717, 1.165) is 62.9 Å². The molecule has 1 atom stereocenters. The smallest absolute Gasteiger partial charge is 0.227 e. The van der Waals surface area contributed by atoms with Gasteiger partial charge >= 0.3 is 0 Å². The number of nitrogens with zero attached hydrogens (tertiary/aromatic N) is 4. The zero-order valence-corrected chi connectivity index (χ0v) is 20.4. The Morgan fingerprint density at radius 3 is 2.91 bits per heavy atom. The fourth-order valence-corrected chi connectivity index (χ4v) is 5.73. The van der Waals surface area contributed by atoms with Gasteiger partial charge in [0.1, 0.15) is 16.4 Å². The van der Waals surface area contributed by atoms with E-state index in [4.69, 9.17) is 9.72 Å². The van der Waals surface area contributed by atoms with E-state index in [0.29, 0.717) is 13.0 Å². The van der Waals surface area contributed by atoms with E-state index >= 15 is 0 Å². The van der Waals surface area contributed by atoms with Crippen LogP contribution in [-0.2, 0) is 11.2 Å². The quantitative estimate of drug-likeness (QED) is 0.383. The summed E-state index contributed by atoms with van der Waals surface area (Å²) in [5.41, 5.74) is 6.67. The standard InChI is InChI=1S/C26H26N6O2S/c1-16-14-31(26-24(28-15-35-26)25-29-21-5-3-4-6-22(21)30-25)9-10-32(16)23(33)11-17-13-27-20-8-7-18(34-2)12-19(17)20/h3-8,12-13,15-16,27H,9-11,14H2,1-2H3,(H,29,30)/t16-/m1/s1. The molecule has 2 N–H and O–H groups in total. The number of aromatic nitrogens is 4. The molecule has 1 fully saturated rings. The number of nitrogens with one attached hydrogen (secondary N) is 2. The Hall–Kier alpha value is -3.85. The molecule has 1 aliphatic rings. The molecule has 0 spiro atoms. The van der Waals surface area contributed by atoms with Crippen molar-refractivity contribution in [2.24, 2.45) is 0 Å². The molecule has 8 nitrogen and oxygen atoms in total. The number of benzene rings is 2. The highest BCUT2D eigenvalue weighted by Crippen LogP contribution is 2.34. The second-order valence-electron chi connectivity index (χ2n) is 8.89. The third kappa shape index (κ3) is 3.91. The lowest BCUT2D eigenvalue weighted by molar-refractivity contribution is -0.132. The number of carbonyl (C=O) groups excluding carboxylic acids is 1. The van der Waals surface area contributed by atoms with Gasteiger partial charge < -0.3 is 24.5 Å². The molecule has 4 heterocycles. The number of ether oxygens (including phenoxy) is 1. The topological polar surface area (TPSA) is 90.1 Å². The summed E-state index contributed by atoms with van der Waals surface area (Å²) in [5.74, 6) is 1.71. The number of amides is 1. The maximum atomic E-state index is 13.3. The molecule has 2 aromatic carbocycles. The van der Waals surface area contributed by atoms with Crippen LogP contribution in [0.3, 0.4) is 0 Å². The predicted octanol–water partition coefficient (Wildman–Crippen LogP) is 4.46. The van der Waals surface area contributed by atoms with Crippen molar-refractivity contribution in [3.05, 3.63) is 59.7 Å². The molecule has 5 aromatic rings. The molecule has 0 radical (unpaired) electrons. The van der Waals surface area contributed by atoms with Crippen LogP contribution in [0.4, 0.5) is 5.00 Å². The van der Waals surface area contributed by atoms with Gasteiger partial charge in [0.25, 0.3) is 0 Å². The summed E-state index contributed by atoms with van der Waals surface area (Å²) in [4.78, 5) is 33.6. The lowest BCUT2D eigenvalue weighted by Crippen LogP contribution is -2.54.